The standard InChI is InChI=1S/C15H26O/c1-10(2)12-7-8-15(4,16)14-6-5-11(3)9-13(12)14/h10,12-14,16H,3,5-9H2,1-2,4H3/t12-,13-,14+,15-/m1/s1. The fourth-order valence-electron chi connectivity index (χ4n) is 4.06. The molecule has 1 N–H and O–H groups in total. The molecule has 0 aromatic carbocycles. The van der Waals surface area contributed by atoms with E-state index in [1.54, 1.807) is 0 Å². The molecule has 2 fully saturated rings. The van der Waals surface area contributed by atoms with E-state index >= 15 is 0 Å². The maximum atomic E-state index is 10.5. The Labute approximate surface area is 99.9 Å². The van der Waals surface area contributed by atoms with Crippen molar-refractivity contribution in [3.63, 3.8) is 0 Å². The third-order valence-corrected chi connectivity index (χ3v) is 5.04. The summed E-state index contributed by atoms with van der Waals surface area (Å²) < 4.78 is 0. The topological polar surface area (TPSA) is 20.2 Å². The van der Waals surface area contributed by atoms with Crippen LogP contribution in [0.3, 0.4) is 0 Å². The van der Waals surface area contributed by atoms with Gasteiger partial charge in [-0.2, -0.15) is 0 Å². The van der Waals surface area contributed by atoms with Crippen molar-refractivity contribution in [3.05, 3.63) is 12.2 Å². The molecule has 16 heavy (non-hydrogen) atoms. The van der Waals surface area contributed by atoms with Crippen LogP contribution in [0.15, 0.2) is 12.2 Å². The number of rotatable bonds is 1. The molecule has 2 aliphatic carbocycles. The molecular formula is C15H26O. The van der Waals surface area contributed by atoms with Crippen LogP contribution in [0.2, 0.25) is 0 Å². The van der Waals surface area contributed by atoms with Crippen molar-refractivity contribution in [1.29, 1.82) is 0 Å². The Morgan fingerprint density at radius 1 is 1.38 bits per heavy atom. The molecule has 2 rings (SSSR count). The molecule has 0 bridgehead atoms. The van der Waals surface area contributed by atoms with Crippen LogP contribution in [0.5, 0.6) is 0 Å². The SMILES string of the molecule is C=C1CC[C@H]2[C@H](C1)[C@@H](C(C)C)CC[C@@]2(C)O. The van der Waals surface area contributed by atoms with Crippen LogP contribution in [-0.2, 0) is 0 Å². The molecular weight excluding hydrogens is 196 g/mol. The zero-order valence-electron chi connectivity index (χ0n) is 11.0. The third-order valence-electron chi connectivity index (χ3n) is 5.04. The number of aliphatic hydroxyl groups is 1. The van der Waals surface area contributed by atoms with Gasteiger partial charge in [0.1, 0.15) is 0 Å². The smallest absolute Gasteiger partial charge is 0.0650 e. The Morgan fingerprint density at radius 2 is 2.06 bits per heavy atom. The normalized spacial score (nSPS) is 44.6. The molecule has 4 atom stereocenters. The van der Waals surface area contributed by atoms with E-state index in [9.17, 15) is 5.11 Å². The van der Waals surface area contributed by atoms with E-state index in [1.165, 1.54) is 12.0 Å². The van der Waals surface area contributed by atoms with Crippen LogP contribution in [0.4, 0.5) is 0 Å². The summed E-state index contributed by atoms with van der Waals surface area (Å²) in [6.07, 6.45) is 5.62. The first kappa shape index (κ1) is 12.2. The lowest BCUT2D eigenvalue weighted by molar-refractivity contribution is -0.0963. The van der Waals surface area contributed by atoms with E-state index in [4.69, 9.17) is 0 Å². The van der Waals surface area contributed by atoms with Gasteiger partial charge in [0.2, 0.25) is 0 Å². The first-order valence-corrected chi connectivity index (χ1v) is 6.81. The fraction of sp³-hybridized carbons (Fsp3) is 0.867. The van der Waals surface area contributed by atoms with Crippen molar-refractivity contribution < 1.29 is 5.11 Å². The van der Waals surface area contributed by atoms with Gasteiger partial charge in [0.25, 0.3) is 0 Å². The first-order chi connectivity index (χ1) is 7.42. The van der Waals surface area contributed by atoms with E-state index in [2.05, 4.69) is 27.4 Å². The molecule has 1 nitrogen and oxygen atoms in total. The number of fused-ring (bicyclic) bond motifs is 1. The largest absolute Gasteiger partial charge is 0.390 e. The van der Waals surface area contributed by atoms with E-state index in [1.807, 2.05) is 0 Å². The first-order valence-electron chi connectivity index (χ1n) is 6.81. The van der Waals surface area contributed by atoms with Crippen molar-refractivity contribution >= 4 is 0 Å². The molecule has 0 spiro atoms. The van der Waals surface area contributed by atoms with Gasteiger partial charge in [-0.15, -0.1) is 0 Å². The van der Waals surface area contributed by atoms with Gasteiger partial charge in [-0.3, -0.25) is 0 Å². The molecule has 0 aromatic rings. The summed E-state index contributed by atoms with van der Waals surface area (Å²) in [5, 5.41) is 10.5. The molecule has 0 saturated heterocycles. The van der Waals surface area contributed by atoms with Gasteiger partial charge in [-0.1, -0.05) is 26.0 Å². The molecule has 0 radical (unpaired) electrons. The summed E-state index contributed by atoms with van der Waals surface area (Å²) >= 11 is 0. The summed E-state index contributed by atoms with van der Waals surface area (Å²) in [5.41, 5.74) is 0.987. The summed E-state index contributed by atoms with van der Waals surface area (Å²) in [7, 11) is 0. The Morgan fingerprint density at radius 3 is 2.69 bits per heavy atom. The summed E-state index contributed by atoms with van der Waals surface area (Å²) in [4.78, 5) is 0. The van der Waals surface area contributed by atoms with E-state index < -0.39 is 5.60 Å². The van der Waals surface area contributed by atoms with Gasteiger partial charge in [0.15, 0.2) is 0 Å². The molecule has 0 unspecified atom stereocenters. The maximum Gasteiger partial charge on any atom is 0.0650 e. The van der Waals surface area contributed by atoms with Gasteiger partial charge in [-0.25, -0.2) is 0 Å². The Kier molecular flexibility index (Phi) is 3.18. The van der Waals surface area contributed by atoms with Crippen LogP contribution < -0.4 is 0 Å². The molecule has 0 amide bonds. The summed E-state index contributed by atoms with van der Waals surface area (Å²) in [5.74, 6) is 2.74. The van der Waals surface area contributed by atoms with Crippen LogP contribution in [0.25, 0.3) is 0 Å². The minimum atomic E-state index is -0.420. The van der Waals surface area contributed by atoms with E-state index in [0.29, 0.717) is 11.8 Å². The molecule has 0 aliphatic heterocycles. The minimum Gasteiger partial charge on any atom is -0.390 e. The van der Waals surface area contributed by atoms with Crippen molar-refractivity contribution in [2.24, 2.45) is 23.7 Å². The van der Waals surface area contributed by atoms with Crippen molar-refractivity contribution in [2.45, 2.75) is 58.5 Å². The lowest BCUT2D eigenvalue weighted by atomic mass is 9.57. The number of allylic oxidation sites excluding steroid dienone is 1. The summed E-state index contributed by atoms with van der Waals surface area (Å²) in [6.45, 7) is 10.9. The van der Waals surface area contributed by atoms with Crippen LogP contribution in [0.1, 0.15) is 52.9 Å². The molecule has 2 saturated carbocycles. The van der Waals surface area contributed by atoms with Crippen LogP contribution in [-0.4, -0.2) is 10.7 Å². The van der Waals surface area contributed by atoms with Gasteiger partial charge in [0.05, 0.1) is 5.60 Å². The molecule has 0 aromatic heterocycles. The third kappa shape index (κ3) is 2.07. The van der Waals surface area contributed by atoms with Crippen molar-refractivity contribution in [1.82, 2.24) is 0 Å². The highest BCUT2D eigenvalue weighted by Crippen LogP contribution is 2.51. The highest BCUT2D eigenvalue weighted by Gasteiger charge is 2.47. The average Bonchev–Trinajstić information content (AvgIpc) is 2.16. The van der Waals surface area contributed by atoms with Crippen molar-refractivity contribution in [3.8, 4) is 0 Å². The second-order valence-electron chi connectivity index (χ2n) is 6.57. The van der Waals surface area contributed by atoms with Crippen molar-refractivity contribution in [2.75, 3.05) is 0 Å². The second-order valence-corrected chi connectivity index (χ2v) is 6.57. The van der Waals surface area contributed by atoms with E-state index in [0.717, 1.165) is 37.5 Å². The van der Waals surface area contributed by atoms with Gasteiger partial charge >= 0.3 is 0 Å². The molecule has 2 aliphatic rings. The quantitative estimate of drug-likeness (QED) is 0.669. The highest BCUT2D eigenvalue weighted by molar-refractivity contribution is 5.08. The average molecular weight is 222 g/mol. The Hall–Kier alpha value is -0.300. The van der Waals surface area contributed by atoms with E-state index in [-0.39, 0.29) is 0 Å². The Bertz CT molecular complexity index is 277. The predicted molar refractivity (Wildman–Crippen MR) is 68.2 cm³/mol. The second kappa shape index (κ2) is 4.18. The molecule has 0 heterocycles. The minimum absolute atomic E-state index is 0.420. The lowest BCUT2D eigenvalue weighted by Crippen LogP contribution is -2.49. The van der Waals surface area contributed by atoms with Gasteiger partial charge in [-0.05, 0) is 62.7 Å². The summed E-state index contributed by atoms with van der Waals surface area (Å²) in [6, 6.07) is 0. The van der Waals surface area contributed by atoms with Gasteiger partial charge < -0.3 is 5.11 Å². The monoisotopic (exact) mass is 222 g/mol. The fourth-order valence-corrected chi connectivity index (χ4v) is 4.06. The molecule has 1 heteroatoms. The van der Waals surface area contributed by atoms with Crippen LogP contribution in [0, 0.1) is 23.7 Å². The zero-order valence-corrected chi connectivity index (χ0v) is 11.0. The lowest BCUT2D eigenvalue weighted by Gasteiger charge is -2.51. The predicted octanol–water partition coefficient (Wildman–Crippen LogP) is 3.78. The number of hydrogen-bond acceptors (Lipinski definition) is 1. The van der Waals surface area contributed by atoms with Gasteiger partial charge in [0, 0.05) is 0 Å². The zero-order chi connectivity index (χ0) is 11.9. The highest BCUT2D eigenvalue weighted by atomic mass is 16.3. The number of hydrogen-bond donors (Lipinski definition) is 1. The maximum absolute atomic E-state index is 10.5. The van der Waals surface area contributed by atoms with Crippen LogP contribution >= 0.6 is 0 Å². The Balaban J connectivity index is 2.21. The molecule has 92 valence electrons.